The van der Waals surface area contributed by atoms with E-state index in [2.05, 4.69) is 20.9 Å². The highest BCUT2D eigenvalue weighted by atomic mass is 32.1. The van der Waals surface area contributed by atoms with Crippen LogP contribution in [0.15, 0.2) is 29.6 Å². The molecule has 0 aliphatic heterocycles. The molecule has 0 fully saturated rings. The van der Waals surface area contributed by atoms with Crippen LogP contribution in [-0.2, 0) is 19.2 Å². The van der Waals surface area contributed by atoms with Gasteiger partial charge in [0.05, 0.1) is 10.6 Å². The number of aromatic nitrogens is 1. The van der Waals surface area contributed by atoms with Crippen molar-refractivity contribution in [2.45, 2.75) is 38.1 Å². The Hall–Kier alpha value is -4.36. The first-order valence-corrected chi connectivity index (χ1v) is 11.5. The summed E-state index contributed by atoms with van der Waals surface area (Å²) in [5.74, 6) is -2.41. The molecule has 0 spiro atoms. The van der Waals surface area contributed by atoms with Crippen molar-refractivity contribution in [1.29, 1.82) is 0 Å². The number of hydrogen-bond acceptors (Lipinski definition) is 10. The Balaban J connectivity index is 0.00000205. The Morgan fingerprint density at radius 3 is 2.47 bits per heavy atom. The van der Waals surface area contributed by atoms with Gasteiger partial charge in [0, 0.05) is 42.6 Å². The average molecular weight is 524 g/mol. The quantitative estimate of drug-likeness (QED) is 0.137. The van der Waals surface area contributed by atoms with E-state index in [1.165, 1.54) is 23.5 Å². The van der Waals surface area contributed by atoms with Crippen LogP contribution in [0, 0.1) is 10.1 Å². The maximum Gasteiger partial charge on any atom is 0.373 e. The number of urea groups is 1. The van der Waals surface area contributed by atoms with E-state index in [1.54, 1.807) is 12.1 Å². The van der Waals surface area contributed by atoms with Crippen molar-refractivity contribution in [3.63, 3.8) is 0 Å². The molecule has 1 heterocycles. The average Bonchev–Trinajstić information content (AvgIpc) is 3.30. The number of nitro benzene ring substituents is 1. The highest BCUT2D eigenvalue weighted by molar-refractivity contribution is 7.14. The van der Waals surface area contributed by atoms with Crippen LogP contribution < -0.4 is 16.0 Å². The summed E-state index contributed by atoms with van der Waals surface area (Å²) in [6.45, 7) is 1.01. The van der Waals surface area contributed by atoms with Crippen molar-refractivity contribution in [3.8, 4) is 11.3 Å². The van der Waals surface area contributed by atoms with E-state index in [4.69, 9.17) is 19.8 Å². The van der Waals surface area contributed by atoms with Gasteiger partial charge < -0.3 is 26.2 Å². The number of anilines is 1. The first-order valence-electron chi connectivity index (χ1n) is 10.6. The second-order valence-corrected chi connectivity index (χ2v) is 8.00. The molecule has 1 atom stereocenters. The van der Waals surface area contributed by atoms with Crippen LogP contribution in [-0.4, -0.2) is 63.4 Å². The summed E-state index contributed by atoms with van der Waals surface area (Å²) in [4.78, 5) is 64.5. The highest BCUT2D eigenvalue weighted by Gasteiger charge is 2.20. The van der Waals surface area contributed by atoms with Crippen LogP contribution in [0.1, 0.15) is 32.1 Å². The lowest BCUT2D eigenvalue weighted by Gasteiger charge is -2.14. The van der Waals surface area contributed by atoms with E-state index in [9.17, 15) is 24.5 Å². The third-order valence-corrected chi connectivity index (χ3v) is 5.32. The third-order valence-electron chi connectivity index (χ3n) is 4.52. The molecule has 15 heteroatoms. The number of nitro groups is 1. The number of unbranched alkanes of at least 4 members (excludes halogenated alkanes) is 2. The van der Waals surface area contributed by atoms with E-state index in [1.807, 2.05) is 5.38 Å². The lowest BCUT2D eigenvalue weighted by atomic mass is 10.1. The normalized spacial score (nSPS) is 10.7. The summed E-state index contributed by atoms with van der Waals surface area (Å²) >= 11 is 1.40. The molecule has 14 nitrogen and oxygen atoms in total. The van der Waals surface area contributed by atoms with Crippen molar-refractivity contribution in [3.05, 3.63) is 39.8 Å². The number of non-ortho nitro benzene ring substituents is 1. The molecule has 0 radical (unpaired) electrons. The molecular weight excluding hydrogens is 498 g/mol. The Morgan fingerprint density at radius 1 is 1.14 bits per heavy atom. The number of carboxylic acids is 2. The number of thiazole rings is 1. The summed E-state index contributed by atoms with van der Waals surface area (Å²) in [6, 6.07) is 4.38. The van der Waals surface area contributed by atoms with Gasteiger partial charge in [-0.15, -0.1) is 11.3 Å². The molecule has 1 aromatic heterocycles. The number of carbonyl (C=O) groups excluding carboxylic acids is 3. The van der Waals surface area contributed by atoms with Gasteiger partial charge in [-0.2, -0.15) is 9.59 Å². The van der Waals surface area contributed by atoms with Gasteiger partial charge in [0.25, 0.3) is 5.69 Å². The second-order valence-electron chi connectivity index (χ2n) is 7.14. The van der Waals surface area contributed by atoms with Gasteiger partial charge in [-0.3, -0.25) is 14.9 Å². The lowest BCUT2D eigenvalue weighted by Crippen LogP contribution is -2.46. The van der Waals surface area contributed by atoms with Crippen LogP contribution in [0.2, 0.25) is 0 Å². The number of amides is 2. The molecule has 2 amide bonds. The number of aliphatic carboxylic acids is 2. The molecule has 0 saturated heterocycles. The van der Waals surface area contributed by atoms with Crippen molar-refractivity contribution in [2.24, 2.45) is 0 Å². The van der Waals surface area contributed by atoms with Gasteiger partial charge in [0.15, 0.2) is 5.13 Å². The SMILES string of the molecule is O=C(O)CC[C@H](NC(=O)NCCCCCNc1nc(-c2cccc([N+](=O)[O-])c2)cs1)C(=O)O.O=C=O. The predicted octanol–water partition coefficient (Wildman–Crippen LogP) is 2.33. The molecule has 5 N–H and O–H groups in total. The monoisotopic (exact) mass is 523 g/mol. The smallest absolute Gasteiger partial charge is 0.373 e. The van der Waals surface area contributed by atoms with Crippen LogP contribution >= 0.6 is 11.3 Å². The molecule has 0 aliphatic rings. The van der Waals surface area contributed by atoms with E-state index in [0.29, 0.717) is 35.9 Å². The van der Waals surface area contributed by atoms with E-state index in [0.717, 1.165) is 12.8 Å². The molecule has 36 heavy (non-hydrogen) atoms. The van der Waals surface area contributed by atoms with Gasteiger partial charge in [-0.1, -0.05) is 12.1 Å². The fourth-order valence-corrected chi connectivity index (χ4v) is 3.57. The van der Waals surface area contributed by atoms with E-state index >= 15 is 0 Å². The standard InChI is InChI=1S/C20H25N5O7S.CO2/c26-17(27)8-7-15(18(28)29)23-19(30)21-9-2-1-3-10-22-20-24-16(12-33-20)13-5-4-6-14(11-13)25(31)32;2-1-3/h4-6,11-12,15H,1-3,7-10H2,(H,22,24)(H,26,27)(H,28,29)(H2,21,23,30);/t15-;/m0./s1. The molecule has 0 aliphatic carbocycles. The van der Waals surface area contributed by atoms with Crippen molar-refractivity contribution in [1.82, 2.24) is 15.6 Å². The zero-order valence-corrected chi connectivity index (χ0v) is 19.8. The molecule has 0 bridgehead atoms. The van der Waals surface area contributed by atoms with Crippen molar-refractivity contribution >= 4 is 46.3 Å². The molecular formula is C21H25N5O9S. The topological polar surface area (TPSA) is 218 Å². The van der Waals surface area contributed by atoms with Crippen LogP contribution in [0.5, 0.6) is 0 Å². The number of rotatable bonds is 14. The van der Waals surface area contributed by atoms with Gasteiger partial charge in [0.2, 0.25) is 0 Å². The van der Waals surface area contributed by atoms with Gasteiger partial charge in [-0.25, -0.2) is 14.6 Å². The third kappa shape index (κ3) is 11.7. The summed E-state index contributed by atoms with van der Waals surface area (Å²) in [5.41, 5.74) is 1.34. The Labute approximate surface area is 208 Å². The van der Waals surface area contributed by atoms with Crippen LogP contribution in [0.25, 0.3) is 11.3 Å². The second kappa shape index (κ2) is 16.3. The number of carboxylic acid groups (broad SMARTS) is 2. The number of hydrogen-bond donors (Lipinski definition) is 5. The zero-order chi connectivity index (χ0) is 26.9. The first kappa shape index (κ1) is 29.7. The fraction of sp³-hybridized carbons (Fsp3) is 0.381. The van der Waals surface area contributed by atoms with E-state index in [-0.39, 0.29) is 24.7 Å². The van der Waals surface area contributed by atoms with E-state index < -0.39 is 28.9 Å². The van der Waals surface area contributed by atoms with Gasteiger partial charge >= 0.3 is 24.1 Å². The molecule has 194 valence electrons. The highest BCUT2D eigenvalue weighted by Crippen LogP contribution is 2.27. The Kier molecular flexibility index (Phi) is 13.4. The molecule has 2 rings (SSSR count). The first-order chi connectivity index (χ1) is 17.2. The lowest BCUT2D eigenvalue weighted by molar-refractivity contribution is -0.384. The molecule has 0 saturated carbocycles. The zero-order valence-electron chi connectivity index (χ0n) is 19.0. The van der Waals surface area contributed by atoms with Crippen molar-refractivity contribution in [2.75, 3.05) is 18.4 Å². The minimum atomic E-state index is -1.28. The van der Waals surface area contributed by atoms with Gasteiger partial charge in [-0.05, 0) is 25.7 Å². The minimum absolute atomic E-state index is 0.0102. The van der Waals surface area contributed by atoms with Crippen LogP contribution in [0.3, 0.4) is 0 Å². The number of carbonyl (C=O) groups is 3. The number of benzene rings is 1. The van der Waals surface area contributed by atoms with Gasteiger partial charge in [0.1, 0.15) is 6.04 Å². The van der Waals surface area contributed by atoms with Crippen molar-refractivity contribution < 1.29 is 39.1 Å². The maximum atomic E-state index is 11.8. The summed E-state index contributed by atoms with van der Waals surface area (Å²) in [6.07, 6.45) is 2.00. The molecule has 0 unspecified atom stereocenters. The Morgan fingerprint density at radius 2 is 1.83 bits per heavy atom. The number of nitrogens with zero attached hydrogens (tertiary/aromatic N) is 2. The fourth-order valence-electron chi connectivity index (χ4n) is 2.82. The maximum absolute atomic E-state index is 11.8. The van der Waals surface area contributed by atoms with Crippen LogP contribution in [0.4, 0.5) is 15.6 Å². The molecule has 2 aromatic rings. The number of nitrogens with one attached hydrogen (secondary N) is 3. The summed E-state index contributed by atoms with van der Waals surface area (Å²) in [5, 5.41) is 39.1. The summed E-state index contributed by atoms with van der Waals surface area (Å²) < 4.78 is 0. The predicted molar refractivity (Wildman–Crippen MR) is 126 cm³/mol. The Bertz CT molecular complexity index is 1070. The minimum Gasteiger partial charge on any atom is -0.481 e. The largest absolute Gasteiger partial charge is 0.481 e. The molecule has 1 aromatic carbocycles. The summed E-state index contributed by atoms with van der Waals surface area (Å²) in [7, 11) is 0.